The molecule has 4 heteroatoms. The molecule has 3 rings (SSSR count). The van der Waals surface area contributed by atoms with Gasteiger partial charge in [-0.15, -0.1) is 0 Å². The summed E-state index contributed by atoms with van der Waals surface area (Å²) in [7, 11) is 0. The van der Waals surface area contributed by atoms with E-state index in [-0.39, 0.29) is 5.82 Å². The highest BCUT2D eigenvalue weighted by Crippen LogP contribution is 2.40. The molecular formula is C12H14BrFN2. The summed E-state index contributed by atoms with van der Waals surface area (Å²) >= 11 is 3.71. The van der Waals surface area contributed by atoms with Crippen molar-refractivity contribution in [2.45, 2.75) is 42.6 Å². The highest BCUT2D eigenvalue weighted by Gasteiger charge is 2.40. The van der Waals surface area contributed by atoms with Crippen molar-refractivity contribution < 1.29 is 4.39 Å². The Hall–Kier alpha value is -0.640. The topological polar surface area (TPSA) is 16.1 Å². The maximum atomic E-state index is 12.8. The van der Waals surface area contributed by atoms with E-state index in [1.807, 2.05) is 0 Å². The molecule has 0 aromatic carbocycles. The lowest BCUT2D eigenvalue weighted by molar-refractivity contribution is 0.478. The second-order valence-electron chi connectivity index (χ2n) is 4.70. The third kappa shape index (κ3) is 1.73. The molecule has 86 valence electrons. The molecule has 0 amide bonds. The number of piperidine rings is 1. The molecule has 1 aromatic heterocycles. The normalized spacial score (nSPS) is 33.1. The van der Waals surface area contributed by atoms with Crippen molar-refractivity contribution in [1.29, 1.82) is 0 Å². The number of hydrogen-bond donors (Lipinski definition) is 0. The third-order valence-corrected chi connectivity index (χ3v) is 4.40. The zero-order valence-electron chi connectivity index (χ0n) is 8.94. The minimum atomic E-state index is -0.258. The molecule has 0 radical (unpaired) electrons. The van der Waals surface area contributed by atoms with Crippen molar-refractivity contribution in [3.05, 3.63) is 24.1 Å². The monoisotopic (exact) mass is 284 g/mol. The van der Waals surface area contributed by atoms with Crippen LogP contribution in [0.15, 0.2) is 18.3 Å². The van der Waals surface area contributed by atoms with Gasteiger partial charge >= 0.3 is 0 Å². The highest BCUT2D eigenvalue weighted by atomic mass is 79.9. The predicted octanol–water partition coefficient (Wildman–Crippen LogP) is 3.12. The van der Waals surface area contributed by atoms with Crippen LogP contribution in [0.5, 0.6) is 0 Å². The molecule has 2 bridgehead atoms. The molecule has 1 aromatic rings. The Balaban J connectivity index is 1.88. The van der Waals surface area contributed by atoms with Crippen LogP contribution in [-0.4, -0.2) is 21.9 Å². The van der Waals surface area contributed by atoms with Crippen LogP contribution in [0.4, 0.5) is 10.2 Å². The highest BCUT2D eigenvalue weighted by molar-refractivity contribution is 9.09. The average Bonchev–Trinajstić information content (AvgIpc) is 2.54. The lowest BCUT2D eigenvalue weighted by Gasteiger charge is -2.38. The van der Waals surface area contributed by atoms with E-state index >= 15 is 0 Å². The van der Waals surface area contributed by atoms with Crippen molar-refractivity contribution in [3.63, 3.8) is 0 Å². The van der Waals surface area contributed by atoms with Gasteiger partial charge in [0.25, 0.3) is 0 Å². The maximum Gasteiger partial charge on any atom is 0.141 e. The van der Waals surface area contributed by atoms with E-state index in [2.05, 4.69) is 25.8 Å². The number of hydrogen-bond acceptors (Lipinski definition) is 2. The maximum absolute atomic E-state index is 12.8. The fourth-order valence-corrected chi connectivity index (χ4v) is 3.87. The lowest BCUT2D eigenvalue weighted by atomic mass is 10.0. The molecule has 2 unspecified atom stereocenters. The Morgan fingerprint density at radius 3 is 2.50 bits per heavy atom. The fraction of sp³-hybridized carbons (Fsp3) is 0.583. The molecule has 0 spiro atoms. The summed E-state index contributed by atoms with van der Waals surface area (Å²) in [6.45, 7) is 0. The number of rotatable bonds is 1. The second-order valence-corrected chi connectivity index (χ2v) is 5.99. The van der Waals surface area contributed by atoms with Gasteiger partial charge in [-0.3, -0.25) is 0 Å². The van der Waals surface area contributed by atoms with E-state index in [1.54, 1.807) is 6.07 Å². The Kier molecular flexibility index (Phi) is 2.62. The molecule has 2 aliphatic heterocycles. The first kappa shape index (κ1) is 10.5. The summed E-state index contributed by atoms with van der Waals surface area (Å²) in [6, 6.07) is 4.47. The summed E-state index contributed by atoms with van der Waals surface area (Å²) in [5.41, 5.74) is 0. The van der Waals surface area contributed by atoms with Gasteiger partial charge in [0.05, 0.1) is 6.20 Å². The first-order chi connectivity index (χ1) is 7.74. The summed E-state index contributed by atoms with van der Waals surface area (Å²) in [5, 5.41) is 0. The predicted molar refractivity (Wildman–Crippen MR) is 65.4 cm³/mol. The van der Waals surface area contributed by atoms with E-state index in [1.165, 1.54) is 37.9 Å². The molecule has 3 heterocycles. The number of halogens is 2. The van der Waals surface area contributed by atoms with E-state index in [0.29, 0.717) is 16.9 Å². The van der Waals surface area contributed by atoms with Gasteiger partial charge in [0.1, 0.15) is 11.6 Å². The Morgan fingerprint density at radius 2 is 1.94 bits per heavy atom. The van der Waals surface area contributed by atoms with Crippen molar-refractivity contribution in [3.8, 4) is 0 Å². The van der Waals surface area contributed by atoms with Crippen LogP contribution in [-0.2, 0) is 0 Å². The number of fused-ring (bicyclic) bond motifs is 2. The molecule has 16 heavy (non-hydrogen) atoms. The first-order valence-electron chi connectivity index (χ1n) is 5.78. The molecule has 2 atom stereocenters. The van der Waals surface area contributed by atoms with Crippen molar-refractivity contribution in [1.82, 2.24) is 4.98 Å². The Labute approximate surface area is 103 Å². The van der Waals surface area contributed by atoms with E-state index in [4.69, 9.17) is 0 Å². The van der Waals surface area contributed by atoms with E-state index in [9.17, 15) is 4.39 Å². The average molecular weight is 285 g/mol. The summed E-state index contributed by atoms with van der Waals surface area (Å²) in [6.07, 6.45) is 6.15. The molecule has 2 aliphatic rings. The molecule has 0 aliphatic carbocycles. The van der Waals surface area contributed by atoms with Gasteiger partial charge in [0.15, 0.2) is 0 Å². The SMILES string of the molecule is Fc1ccc(N2C3CCC2CC(Br)C3)nc1. The van der Waals surface area contributed by atoms with Gasteiger partial charge in [-0.05, 0) is 37.8 Å². The number of pyridine rings is 1. The largest absolute Gasteiger partial charge is 0.351 e. The lowest BCUT2D eigenvalue weighted by Crippen LogP contribution is -2.43. The number of nitrogens with zero attached hydrogens (tertiary/aromatic N) is 2. The quantitative estimate of drug-likeness (QED) is 0.737. The smallest absolute Gasteiger partial charge is 0.141 e. The van der Waals surface area contributed by atoms with Crippen LogP contribution in [0.1, 0.15) is 25.7 Å². The van der Waals surface area contributed by atoms with Gasteiger partial charge in [-0.2, -0.15) is 0 Å². The van der Waals surface area contributed by atoms with Gasteiger partial charge in [0, 0.05) is 16.9 Å². The van der Waals surface area contributed by atoms with Crippen LogP contribution in [0.25, 0.3) is 0 Å². The van der Waals surface area contributed by atoms with Crippen molar-refractivity contribution in [2.75, 3.05) is 4.90 Å². The zero-order valence-corrected chi connectivity index (χ0v) is 10.5. The van der Waals surface area contributed by atoms with Crippen LogP contribution in [0.2, 0.25) is 0 Å². The van der Waals surface area contributed by atoms with Crippen LogP contribution in [0, 0.1) is 5.82 Å². The Bertz CT molecular complexity index is 367. The fourth-order valence-electron chi connectivity index (χ4n) is 3.01. The Morgan fingerprint density at radius 1 is 1.25 bits per heavy atom. The minimum absolute atomic E-state index is 0.258. The molecule has 0 saturated carbocycles. The zero-order chi connectivity index (χ0) is 11.1. The molecule has 2 saturated heterocycles. The van der Waals surface area contributed by atoms with Gasteiger partial charge in [-0.25, -0.2) is 9.37 Å². The van der Waals surface area contributed by atoms with Crippen LogP contribution >= 0.6 is 15.9 Å². The van der Waals surface area contributed by atoms with E-state index in [0.717, 1.165) is 5.82 Å². The summed E-state index contributed by atoms with van der Waals surface area (Å²) in [4.78, 5) is 7.23. The molecular weight excluding hydrogens is 271 g/mol. The van der Waals surface area contributed by atoms with Crippen molar-refractivity contribution in [2.24, 2.45) is 0 Å². The number of alkyl halides is 1. The van der Waals surface area contributed by atoms with Gasteiger partial charge in [0.2, 0.25) is 0 Å². The van der Waals surface area contributed by atoms with Crippen LogP contribution < -0.4 is 4.90 Å². The summed E-state index contributed by atoms with van der Waals surface area (Å²) < 4.78 is 12.8. The molecule has 2 fully saturated rings. The molecule has 0 N–H and O–H groups in total. The van der Waals surface area contributed by atoms with Crippen LogP contribution in [0.3, 0.4) is 0 Å². The van der Waals surface area contributed by atoms with Crippen molar-refractivity contribution >= 4 is 21.7 Å². The summed E-state index contributed by atoms with van der Waals surface area (Å²) in [5.74, 6) is 0.680. The van der Waals surface area contributed by atoms with Gasteiger partial charge < -0.3 is 4.90 Å². The number of aromatic nitrogens is 1. The minimum Gasteiger partial charge on any atom is -0.351 e. The molecule has 2 nitrogen and oxygen atoms in total. The number of anilines is 1. The first-order valence-corrected chi connectivity index (χ1v) is 6.69. The van der Waals surface area contributed by atoms with E-state index < -0.39 is 0 Å². The second kappa shape index (κ2) is 3.99. The van der Waals surface area contributed by atoms with Gasteiger partial charge in [-0.1, -0.05) is 15.9 Å². The standard InChI is InChI=1S/C12H14BrFN2/c13-8-5-10-2-3-11(6-8)16(10)12-4-1-9(14)7-15-12/h1,4,7-8,10-11H,2-3,5-6H2. The third-order valence-electron chi connectivity index (χ3n) is 3.65.